The molecule has 4 aromatic carbocycles. The van der Waals surface area contributed by atoms with E-state index in [1.54, 1.807) is 16.7 Å². The minimum absolute atomic E-state index is 0.000518. The predicted octanol–water partition coefficient (Wildman–Crippen LogP) is 13.4. The summed E-state index contributed by atoms with van der Waals surface area (Å²) in [5, 5.41) is 0. The highest BCUT2D eigenvalue weighted by Crippen LogP contribution is 2.57. The number of unbranched alkanes of at least 4 members (excludes halogenated alkanes) is 6. The minimum atomic E-state index is -0.000518. The number of fused-ring (bicyclic) bond motifs is 6. The highest BCUT2D eigenvalue weighted by Gasteiger charge is 2.44. The number of benzene rings is 4. The van der Waals surface area contributed by atoms with Crippen molar-refractivity contribution in [1.82, 2.24) is 9.80 Å². The van der Waals surface area contributed by atoms with Crippen LogP contribution < -0.4 is 0 Å². The van der Waals surface area contributed by atoms with Crippen LogP contribution in [0.5, 0.6) is 0 Å². The summed E-state index contributed by atoms with van der Waals surface area (Å²) in [6, 6.07) is 33.9. The summed E-state index contributed by atoms with van der Waals surface area (Å²) < 4.78 is 23.5. The summed E-state index contributed by atoms with van der Waals surface area (Å²) in [6.45, 7) is 13.6. The van der Waals surface area contributed by atoms with Gasteiger partial charge in [-0.1, -0.05) is 125 Å². The number of hydrogen-bond acceptors (Lipinski definition) is 6. The van der Waals surface area contributed by atoms with Crippen LogP contribution in [0, 0.1) is 10.8 Å². The average molecular weight is 897 g/mol. The molecule has 0 atom stereocenters. The lowest BCUT2D eigenvalue weighted by Crippen LogP contribution is -2.45. The summed E-state index contributed by atoms with van der Waals surface area (Å²) in [5.41, 5.74) is 15.2. The molecule has 0 saturated carbocycles. The van der Waals surface area contributed by atoms with E-state index in [0.29, 0.717) is 0 Å². The molecule has 0 unspecified atom stereocenters. The third kappa shape index (κ3) is 10.6. The first-order valence-corrected chi connectivity index (χ1v) is 26.3. The van der Waals surface area contributed by atoms with Gasteiger partial charge in [0, 0.05) is 34.9 Å². The van der Waals surface area contributed by atoms with Crippen molar-refractivity contribution in [2.75, 3.05) is 94.1 Å². The zero-order valence-electron chi connectivity index (χ0n) is 42.0. The van der Waals surface area contributed by atoms with Crippen molar-refractivity contribution >= 4 is 0 Å². The quantitative estimate of drug-likeness (QED) is 0.0506. The van der Waals surface area contributed by atoms with Crippen molar-refractivity contribution < 1.29 is 18.9 Å². The van der Waals surface area contributed by atoms with Gasteiger partial charge in [-0.15, -0.1) is 0 Å². The summed E-state index contributed by atoms with van der Waals surface area (Å²) in [6.07, 6.45) is 18.9. The predicted molar refractivity (Wildman–Crippen MR) is 275 cm³/mol. The van der Waals surface area contributed by atoms with E-state index in [2.05, 4.69) is 137 Å². The van der Waals surface area contributed by atoms with Crippen molar-refractivity contribution in [1.29, 1.82) is 0 Å². The highest BCUT2D eigenvalue weighted by atomic mass is 16.5. The lowest BCUT2D eigenvalue weighted by Gasteiger charge is -2.40. The van der Waals surface area contributed by atoms with Crippen LogP contribution in [0.15, 0.2) is 84.9 Å². The molecule has 0 aromatic heterocycles. The Labute approximate surface area is 400 Å². The monoisotopic (exact) mass is 897 g/mol. The van der Waals surface area contributed by atoms with Gasteiger partial charge in [-0.3, -0.25) is 0 Å². The molecule has 358 valence electrons. The number of rotatable bonds is 29. The molecular weight excluding hydrogens is 813 g/mol. The summed E-state index contributed by atoms with van der Waals surface area (Å²) in [4.78, 5) is 4.71. The molecule has 0 bridgehead atoms. The molecule has 2 saturated heterocycles. The van der Waals surface area contributed by atoms with Gasteiger partial charge in [-0.2, -0.15) is 0 Å². The highest BCUT2D eigenvalue weighted by molar-refractivity contribution is 5.87. The van der Waals surface area contributed by atoms with Gasteiger partial charge in [0.15, 0.2) is 0 Å². The zero-order chi connectivity index (χ0) is 46.0. The van der Waals surface area contributed by atoms with Crippen LogP contribution in [0.4, 0.5) is 0 Å². The third-order valence-corrected chi connectivity index (χ3v) is 16.5. The Morgan fingerprint density at radius 3 is 1.20 bits per heavy atom. The van der Waals surface area contributed by atoms with Crippen LogP contribution >= 0.6 is 0 Å². The molecule has 6 heteroatoms. The molecule has 0 spiro atoms. The summed E-state index contributed by atoms with van der Waals surface area (Å²) in [5.74, 6) is 0. The minimum Gasteiger partial charge on any atom is -0.381 e. The number of hydrogen-bond donors (Lipinski definition) is 0. The van der Waals surface area contributed by atoms with E-state index in [1.165, 1.54) is 103 Å². The van der Waals surface area contributed by atoms with Crippen LogP contribution in [0.1, 0.15) is 139 Å². The van der Waals surface area contributed by atoms with Crippen LogP contribution in [-0.2, 0) is 29.8 Å². The fourth-order valence-electron chi connectivity index (χ4n) is 12.1. The van der Waals surface area contributed by atoms with Gasteiger partial charge in [0.1, 0.15) is 0 Å². The van der Waals surface area contributed by atoms with Crippen LogP contribution in [0.2, 0.25) is 0 Å². The molecule has 0 amide bonds. The van der Waals surface area contributed by atoms with Gasteiger partial charge in [-0.25, -0.2) is 0 Å². The molecule has 4 aromatic rings. The Morgan fingerprint density at radius 1 is 0.439 bits per heavy atom. The van der Waals surface area contributed by atoms with E-state index >= 15 is 0 Å². The van der Waals surface area contributed by atoms with Gasteiger partial charge in [0.2, 0.25) is 0 Å². The maximum atomic E-state index is 6.23. The molecule has 66 heavy (non-hydrogen) atoms. The van der Waals surface area contributed by atoms with Crippen molar-refractivity contribution in [3.05, 3.63) is 107 Å². The Hall–Kier alpha value is -3.36. The second-order valence-electron chi connectivity index (χ2n) is 21.7. The van der Waals surface area contributed by atoms with Gasteiger partial charge < -0.3 is 28.7 Å². The van der Waals surface area contributed by atoms with Crippen LogP contribution in [0.3, 0.4) is 0 Å². The normalized spacial score (nSPS) is 17.9. The molecule has 2 fully saturated rings. The standard InChI is InChI=1S/C60H84N2O4/c1-7-57(43-65-44-57)41-63-37-19-11-9-17-31-59(32-18-10-12-20-38-64-42-58(8-2)45-66-46-58)53-25-15-13-23-49(53)51-29-27-47(39-55(51)59)48-28-30-52-50-24-14-16-26-54(50)60(56(52)40-48,33-21-35-61(3)4)34-22-36-62(5)6/h13-16,23-30,39-40H,7-12,17-22,31-38,41-46H2,1-6H3. The Morgan fingerprint density at radius 2 is 0.818 bits per heavy atom. The maximum Gasteiger partial charge on any atom is 0.0566 e. The molecule has 6 nitrogen and oxygen atoms in total. The molecule has 2 heterocycles. The second-order valence-corrected chi connectivity index (χ2v) is 21.7. The lowest BCUT2D eigenvalue weighted by molar-refractivity contribution is -0.150. The molecule has 2 aliphatic heterocycles. The van der Waals surface area contributed by atoms with Crippen molar-refractivity contribution in [2.24, 2.45) is 10.8 Å². The van der Waals surface area contributed by atoms with Crippen LogP contribution in [-0.4, -0.2) is 104 Å². The molecule has 2 aliphatic carbocycles. The van der Waals surface area contributed by atoms with Gasteiger partial charge >= 0.3 is 0 Å². The van der Waals surface area contributed by atoms with E-state index in [1.807, 2.05) is 0 Å². The number of ether oxygens (including phenoxy) is 4. The fourth-order valence-corrected chi connectivity index (χ4v) is 12.1. The first-order valence-electron chi connectivity index (χ1n) is 26.3. The van der Waals surface area contributed by atoms with E-state index in [9.17, 15) is 0 Å². The summed E-state index contributed by atoms with van der Waals surface area (Å²) in [7, 11) is 8.87. The Kier molecular flexibility index (Phi) is 16.6. The van der Waals surface area contributed by atoms with Gasteiger partial charge in [0.05, 0.1) is 39.6 Å². The largest absolute Gasteiger partial charge is 0.381 e. The third-order valence-electron chi connectivity index (χ3n) is 16.5. The van der Waals surface area contributed by atoms with Gasteiger partial charge in [0.25, 0.3) is 0 Å². The average Bonchev–Trinajstić information content (AvgIpc) is 3.72. The molecule has 4 aliphatic rings. The topological polar surface area (TPSA) is 43.4 Å². The molecule has 0 radical (unpaired) electrons. The Bertz CT molecular complexity index is 2100. The van der Waals surface area contributed by atoms with E-state index in [4.69, 9.17) is 18.9 Å². The molecule has 0 N–H and O–H groups in total. The lowest BCUT2D eigenvalue weighted by atomic mass is 9.70. The smallest absolute Gasteiger partial charge is 0.0566 e. The van der Waals surface area contributed by atoms with Gasteiger partial charge in [-0.05, 0) is 173 Å². The number of nitrogens with zero attached hydrogens (tertiary/aromatic N) is 2. The maximum absolute atomic E-state index is 6.23. The zero-order valence-corrected chi connectivity index (χ0v) is 42.0. The van der Waals surface area contributed by atoms with Crippen molar-refractivity contribution in [3.8, 4) is 33.4 Å². The first-order chi connectivity index (χ1) is 32.2. The molecular formula is C60H84N2O4. The molecule has 8 rings (SSSR count). The van der Waals surface area contributed by atoms with Crippen LogP contribution in [0.25, 0.3) is 33.4 Å². The SMILES string of the molecule is CCC1(COCCCCCCC2(CCCCCCOCC3(CC)COC3)c3ccccc3-c3ccc(-c4ccc5c(c4)C(CCCN(C)C)(CCCN(C)C)c4ccccc4-5)cc32)COC1. The summed E-state index contributed by atoms with van der Waals surface area (Å²) >= 11 is 0. The van der Waals surface area contributed by atoms with Crippen molar-refractivity contribution in [3.63, 3.8) is 0 Å². The van der Waals surface area contributed by atoms with E-state index in [0.717, 1.165) is 104 Å². The van der Waals surface area contributed by atoms with E-state index in [-0.39, 0.29) is 21.7 Å². The van der Waals surface area contributed by atoms with Crippen molar-refractivity contribution in [2.45, 2.75) is 127 Å². The first kappa shape index (κ1) is 49.1. The Balaban J connectivity index is 1.05. The fraction of sp³-hybridized carbons (Fsp3) is 0.600. The van der Waals surface area contributed by atoms with E-state index < -0.39 is 0 Å². The second kappa shape index (κ2) is 22.4.